The molecule has 0 aliphatic rings. The van der Waals surface area contributed by atoms with E-state index in [1.54, 1.807) is 39.0 Å². The van der Waals surface area contributed by atoms with Crippen LogP contribution in [-0.2, 0) is 57.2 Å². The monoisotopic (exact) mass is 1120 g/mol. The molecule has 4 rings (SSSR count). The Morgan fingerprint density at radius 3 is 1.13 bits per heavy atom. The van der Waals surface area contributed by atoms with Crippen LogP contribution in [0.2, 0.25) is 0 Å². The van der Waals surface area contributed by atoms with Gasteiger partial charge < -0.3 is 33.4 Å². The average Bonchev–Trinajstić information content (AvgIpc) is 3.90. The summed E-state index contributed by atoms with van der Waals surface area (Å²) in [5.74, 6) is -2.63. The zero-order valence-corrected chi connectivity index (χ0v) is 47.3. The second-order valence-electron chi connectivity index (χ2n) is 16.4. The van der Waals surface area contributed by atoms with Crippen molar-refractivity contribution in [2.24, 2.45) is 5.41 Å². The van der Waals surface area contributed by atoms with Crippen LogP contribution >= 0.6 is 99.3 Å². The number of ether oxygens (including phenoxy) is 6. The van der Waals surface area contributed by atoms with Crippen LogP contribution in [0.1, 0.15) is 92.9 Å². The van der Waals surface area contributed by atoms with Crippen molar-refractivity contribution >= 4 is 156 Å². The molecule has 2 aromatic carbocycles. The van der Waals surface area contributed by atoms with Crippen molar-refractivity contribution in [1.82, 2.24) is 20.4 Å². The molecule has 0 saturated heterocycles. The maximum Gasteiger partial charge on any atom is 0.306 e. The Morgan fingerprint density at radius 1 is 0.514 bits per heavy atom. The zero-order valence-electron chi connectivity index (χ0n) is 40.3. The highest BCUT2D eigenvalue weighted by Gasteiger charge is 2.38. The van der Waals surface area contributed by atoms with Crippen LogP contribution in [0, 0.1) is 9.37 Å². The highest BCUT2D eigenvalue weighted by atomic mass is 32.1. The van der Waals surface area contributed by atoms with Crippen LogP contribution in [0.4, 0.5) is 0 Å². The third-order valence-electron chi connectivity index (χ3n) is 8.54. The standard InChI is InChI=1S/C21H36O8S4.C12H22O4S2.C7H5NS2.C6H5N3/c1-13(30)5-17(22)26-9-21(10-27-18(23)6-14(2)31,11-28-19(24)7-15(3)32)12-29-20(25)8-16(4)33;1-9(17)7-11(13)15-5-3-4-6-16-12(14)8-10(2)18;9-7-8-5-3-1-2-4-6(5)10-7;1-2-4-6-5(3-1)7-9-8-6/h13-16,30-33H,5-12H2,1-4H3;9-10,17-18H,3-8H2,1-2H3;1-4H,(H,8,9);1-4H,(H,7,8,9). The molecule has 24 heteroatoms. The molecule has 0 aliphatic carbocycles. The average molecular weight is 1130 g/mol. The molecule has 0 amide bonds. The lowest BCUT2D eigenvalue weighted by atomic mass is 9.92. The number of fused-ring (bicyclic) bond motifs is 2. The maximum absolute atomic E-state index is 12.1. The van der Waals surface area contributed by atoms with Gasteiger partial charge in [-0.05, 0) is 49.3 Å². The number of aromatic amines is 2. The van der Waals surface area contributed by atoms with Crippen LogP contribution in [0.5, 0.6) is 0 Å². The second kappa shape index (κ2) is 36.7. The number of hydrogen-bond acceptors (Lipinski definition) is 22. The minimum atomic E-state index is -1.30. The molecule has 0 saturated carbocycles. The lowest BCUT2D eigenvalue weighted by molar-refractivity contribution is -0.170. The first-order chi connectivity index (χ1) is 33.0. The molecule has 70 heavy (non-hydrogen) atoms. The summed E-state index contributed by atoms with van der Waals surface area (Å²) in [5.41, 5.74) is 1.67. The Labute approximate surface area is 452 Å². The van der Waals surface area contributed by atoms with E-state index in [1.807, 2.05) is 56.3 Å². The largest absolute Gasteiger partial charge is 0.466 e. The number of carbonyl (C=O) groups excluding carboxylic acids is 6. The summed E-state index contributed by atoms with van der Waals surface area (Å²) in [5, 5.41) is 9.41. The van der Waals surface area contributed by atoms with Crippen molar-refractivity contribution in [3.63, 3.8) is 0 Å². The highest BCUT2D eigenvalue weighted by molar-refractivity contribution is 7.81. The summed E-state index contributed by atoms with van der Waals surface area (Å²) < 4.78 is 33.5. The number of carbonyl (C=O) groups is 6. The van der Waals surface area contributed by atoms with Crippen molar-refractivity contribution in [3.05, 3.63) is 52.5 Å². The molecule has 6 unspecified atom stereocenters. The van der Waals surface area contributed by atoms with E-state index in [4.69, 9.17) is 40.6 Å². The van der Waals surface area contributed by atoms with E-state index in [9.17, 15) is 28.8 Å². The number of esters is 6. The lowest BCUT2D eigenvalue weighted by Gasteiger charge is -2.32. The van der Waals surface area contributed by atoms with Gasteiger partial charge >= 0.3 is 35.8 Å². The predicted octanol–water partition coefficient (Wildman–Crippen LogP) is 9.17. The number of hydrogen-bond donors (Lipinski definition) is 8. The quantitative estimate of drug-likeness (QED) is 0.0102. The first-order valence-electron chi connectivity index (χ1n) is 22.3. The Hall–Kier alpha value is -3.13. The van der Waals surface area contributed by atoms with Gasteiger partial charge in [0.1, 0.15) is 42.9 Å². The van der Waals surface area contributed by atoms with E-state index in [1.165, 1.54) is 4.70 Å². The van der Waals surface area contributed by atoms with Crippen LogP contribution in [0.25, 0.3) is 21.3 Å². The third-order valence-corrected chi connectivity index (χ3v) is 10.9. The minimum absolute atomic E-state index is 0.0154. The van der Waals surface area contributed by atoms with Gasteiger partial charge in [-0.3, -0.25) is 28.8 Å². The number of nitrogens with zero attached hydrogens (tertiary/aromatic N) is 2. The van der Waals surface area contributed by atoms with Crippen LogP contribution in [-0.4, -0.2) is 127 Å². The van der Waals surface area contributed by atoms with Crippen LogP contribution in [0.15, 0.2) is 48.5 Å². The molecule has 392 valence electrons. The Morgan fingerprint density at radius 2 is 0.814 bits per heavy atom. The van der Waals surface area contributed by atoms with E-state index in [0.29, 0.717) is 38.9 Å². The molecule has 0 fully saturated rings. The van der Waals surface area contributed by atoms with E-state index >= 15 is 0 Å². The van der Waals surface area contributed by atoms with Gasteiger partial charge in [-0.2, -0.15) is 91.2 Å². The molecule has 2 heterocycles. The molecule has 4 aromatic rings. The second-order valence-corrected chi connectivity index (χ2v) is 23.4. The Kier molecular flexibility index (Phi) is 34.0. The van der Waals surface area contributed by atoms with Gasteiger partial charge in [0.25, 0.3) is 0 Å². The molecule has 2 N–H and O–H groups in total. The first kappa shape index (κ1) is 64.9. The Bertz CT molecular complexity index is 2010. The summed E-state index contributed by atoms with van der Waals surface area (Å²) in [6, 6.07) is 15.8. The molecule has 0 bridgehead atoms. The summed E-state index contributed by atoms with van der Waals surface area (Å²) in [7, 11) is 0. The molecule has 0 aliphatic heterocycles. The van der Waals surface area contributed by atoms with E-state index in [0.717, 1.165) is 20.5 Å². The van der Waals surface area contributed by atoms with Crippen molar-refractivity contribution in [1.29, 1.82) is 0 Å². The maximum atomic E-state index is 12.1. The zero-order chi connectivity index (χ0) is 52.6. The molecule has 0 radical (unpaired) electrons. The normalized spacial score (nSPS) is 14.1. The van der Waals surface area contributed by atoms with Crippen molar-refractivity contribution < 1.29 is 57.2 Å². The van der Waals surface area contributed by atoms with Gasteiger partial charge in [0.2, 0.25) is 0 Å². The topological polar surface area (TPSA) is 215 Å². The fourth-order valence-electron chi connectivity index (χ4n) is 5.24. The predicted molar refractivity (Wildman–Crippen MR) is 297 cm³/mol. The summed E-state index contributed by atoms with van der Waals surface area (Å²) in [4.78, 5) is 73.9. The number of para-hydroxylation sites is 3. The number of thiazole rings is 1. The van der Waals surface area contributed by atoms with E-state index in [-0.39, 0.29) is 95.5 Å². The molecule has 0 spiro atoms. The minimum Gasteiger partial charge on any atom is -0.466 e. The first-order valence-corrected chi connectivity index (χ1v) is 26.7. The fourth-order valence-corrected chi connectivity index (χ4v) is 7.25. The van der Waals surface area contributed by atoms with Crippen LogP contribution in [0.3, 0.4) is 0 Å². The van der Waals surface area contributed by atoms with Crippen LogP contribution < -0.4 is 0 Å². The Balaban J connectivity index is 0.000000539. The van der Waals surface area contributed by atoms with Gasteiger partial charge in [0.15, 0.2) is 3.95 Å². The summed E-state index contributed by atoms with van der Waals surface area (Å²) in [6.07, 6.45) is 2.20. The van der Waals surface area contributed by atoms with Crippen molar-refractivity contribution in [2.75, 3.05) is 39.6 Å². The highest BCUT2D eigenvalue weighted by Crippen LogP contribution is 2.24. The van der Waals surface area contributed by atoms with Crippen molar-refractivity contribution in [2.45, 2.75) is 124 Å². The molecular formula is C46H68N4O12S8. The lowest BCUT2D eigenvalue weighted by Crippen LogP contribution is -2.44. The number of rotatable bonds is 25. The molecular weight excluding hydrogens is 1060 g/mol. The SMILES string of the molecule is CC(S)CC(=O)OCC(COC(=O)CC(C)S)(COC(=O)CC(C)S)COC(=O)CC(C)S.CC(S)CC(=O)OCCCCOC(=O)CC(C)S.S=c1[nH]c2ccccc2s1.c1ccc2n[nH]nc2c1. The number of nitrogens with one attached hydrogen (secondary N) is 2. The number of unbranched alkanes of at least 4 members (excludes halogenated alkanes) is 1. The van der Waals surface area contributed by atoms with Gasteiger partial charge in [-0.15, -0.1) is 11.3 Å². The molecule has 6 atom stereocenters. The number of aromatic nitrogens is 4. The van der Waals surface area contributed by atoms with Gasteiger partial charge in [0.05, 0.1) is 62.0 Å². The smallest absolute Gasteiger partial charge is 0.306 e. The summed E-state index contributed by atoms with van der Waals surface area (Å²) >= 11 is 31.5. The molecule has 16 nitrogen and oxygen atoms in total. The van der Waals surface area contributed by atoms with Crippen molar-refractivity contribution in [3.8, 4) is 0 Å². The van der Waals surface area contributed by atoms with Gasteiger partial charge in [-0.25, -0.2) is 0 Å². The number of thiol groups is 6. The van der Waals surface area contributed by atoms with E-state index < -0.39 is 29.3 Å². The van der Waals surface area contributed by atoms with Gasteiger partial charge in [0, 0.05) is 31.5 Å². The number of H-pyrrole nitrogens is 2. The van der Waals surface area contributed by atoms with E-state index in [2.05, 4.69) is 102 Å². The summed E-state index contributed by atoms with van der Waals surface area (Å²) in [6.45, 7) is 10.1. The molecule has 2 aromatic heterocycles. The third kappa shape index (κ3) is 32.8. The van der Waals surface area contributed by atoms with Gasteiger partial charge in [-0.1, -0.05) is 65.8 Å². The fraction of sp³-hybridized carbons (Fsp3) is 0.587. The number of benzene rings is 2.